The number of para-hydroxylation sites is 2. The molecule has 0 aliphatic heterocycles. The van der Waals surface area contributed by atoms with E-state index >= 15 is 0 Å². The fourth-order valence-electron chi connectivity index (χ4n) is 9.94. The number of aryl methyl sites for hydroxylation is 1. The van der Waals surface area contributed by atoms with Gasteiger partial charge in [0.1, 0.15) is 11.2 Å². The molecule has 2 aromatic heterocycles. The Hall–Kier alpha value is -8.20. The third-order valence-corrected chi connectivity index (χ3v) is 13.4. The van der Waals surface area contributed by atoms with Crippen molar-refractivity contribution in [3.8, 4) is 72.4 Å². The summed E-state index contributed by atoms with van der Waals surface area (Å²) in [6.45, 7) is 2.25. The molecule has 0 amide bonds. The fourth-order valence-corrected chi connectivity index (χ4v) is 9.94. The van der Waals surface area contributed by atoms with Crippen LogP contribution in [0.15, 0.2) is 235 Å². The van der Waals surface area contributed by atoms with Crippen LogP contribution in [0.4, 0.5) is 0 Å². The van der Waals surface area contributed by atoms with Gasteiger partial charge in [-0.1, -0.05) is 183 Å². The number of hydrogen-bond donors (Lipinski definition) is 0. The van der Waals surface area contributed by atoms with E-state index in [9.17, 15) is 0 Å². The molecular formula is C64H47NO. The Balaban J connectivity index is 0.879. The Bertz CT molecular complexity index is 3720. The molecular weight excluding hydrogens is 799 g/mol. The Labute approximate surface area is 385 Å². The first-order chi connectivity index (χ1) is 32.6. The molecule has 0 radical (unpaired) electrons. The summed E-state index contributed by atoms with van der Waals surface area (Å²) in [5.74, 6) is 0. The standard InChI is InChI=1S/C64H47NO/c1-2-3-14-43-27-29-45(30-28-43)46-17-10-18-47(37-46)48-19-11-20-49(38-48)50-21-12-22-51(39-50)52-33-36-63-60(40-52)58-26-13-25-56(64(58)66-63)54-32-35-61-59(41-54)57-34-31-53(44-15-6-4-7-16-44)42-62(57)65(61)55-23-8-5-9-24-55/h4-13,15-42H,2-3,14H2,1H3. The minimum atomic E-state index is 0.884. The molecule has 0 unspecified atom stereocenters. The van der Waals surface area contributed by atoms with E-state index in [0.717, 1.165) is 50.7 Å². The summed E-state index contributed by atoms with van der Waals surface area (Å²) < 4.78 is 9.16. The summed E-state index contributed by atoms with van der Waals surface area (Å²) in [6, 6.07) is 84.1. The Morgan fingerprint density at radius 2 is 0.864 bits per heavy atom. The van der Waals surface area contributed by atoms with E-state index in [2.05, 4.69) is 242 Å². The molecule has 0 bridgehead atoms. The highest BCUT2D eigenvalue weighted by Crippen LogP contribution is 2.42. The van der Waals surface area contributed by atoms with Gasteiger partial charge in [0.2, 0.25) is 0 Å². The van der Waals surface area contributed by atoms with Crippen LogP contribution in [0.1, 0.15) is 25.3 Å². The summed E-state index contributed by atoms with van der Waals surface area (Å²) in [5, 5.41) is 4.66. The van der Waals surface area contributed by atoms with Crippen LogP contribution in [0.2, 0.25) is 0 Å². The van der Waals surface area contributed by atoms with E-state index in [4.69, 9.17) is 4.42 Å². The van der Waals surface area contributed by atoms with Gasteiger partial charge in [-0.3, -0.25) is 0 Å². The molecule has 12 aromatic rings. The number of nitrogens with zero attached hydrogens (tertiary/aromatic N) is 1. The van der Waals surface area contributed by atoms with Crippen molar-refractivity contribution < 1.29 is 4.42 Å². The Kier molecular flexibility index (Phi) is 9.99. The molecule has 0 saturated carbocycles. The predicted octanol–water partition coefficient (Wildman–Crippen LogP) is 18.0. The maximum Gasteiger partial charge on any atom is 0.143 e. The van der Waals surface area contributed by atoms with Crippen molar-refractivity contribution in [3.63, 3.8) is 0 Å². The number of hydrogen-bond acceptors (Lipinski definition) is 1. The van der Waals surface area contributed by atoms with E-state index < -0.39 is 0 Å². The Morgan fingerprint density at radius 1 is 0.348 bits per heavy atom. The lowest BCUT2D eigenvalue weighted by Crippen LogP contribution is -1.93. The van der Waals surface area contributed by atoms with Crippen molar-refractivity contribution in [2.75, 3.05) is 0 Å². The average Bonchev–Trinajstić information content (AvgIpc) is 3.93. The third kappa shape index (κ3) is 7.18. The first-order valence-electron chi connectivity index (χ1n) is 23.2. The molecule has 2 heterocycles. The van der Waals surface area contributed by atoms with E-state index in [-0.39, 0.29) is 0 Å². The number of unbranched alkanes of at least 4 members (excludes halogenated alkanes) is 1. The van der Waals surface area contributed by atoms with E-state index in [1.54, 1.807) is 0 Å². The van der Waals surface area contributed by atoms with Gasteiger partial charge in [-0.05, 0) is 140 Å². The van der Waals surface area contributed by atoms with Gasteiger partial charge in [0.15, 0.2) is 0 Å². The molecule has 66 heavy (non-hydrogen) atoms. The Morgan fingerprint density at radius 3 is 1.53 bits per heavy atom. The van der Waals surface area contributed by atoms with Crippen molar-refractivity contribution in [2.24, 2.45) is 0 Å². The van der Waals surface area contributed by atoms with E-state index in [1.165, 1.54) is 90.3 Å². The molecule has 2 nitrogen and oxygen atoms in total. The number of rotatable bonds is 10. The molecule has 10 aromatic carbocycles. The summed E-state index contributed by atoms with van der Waals surface area (Å²) in [7, 11) is 0. The van der Waals surface area contributed by atoms with Crippen molar-refractivity contribution in [3.05, 3.63) is 236 Å². The second-order valence-electron chi connectivity index (χ2n) is 17.5. The number of aromatic nitrogens is 1. The average molecular weight is 846 g/mol. The van der Waals surface area contributed by atoms with E-state index in [1.807, 2.05) is 0 Å². The van der Waals surface area contributed by atoms with Crippen LogP contribution in [0.3, 0.4) is 0 Å². The highest BCUT2D eigenvalue weighted by atomic mass is 16.3. The van der Waals surface area contributed by atoms with Crippen LogP contribution in [-0.4, -0.2) is 4.57 Å². The van der Waals surface area contributed by atoms with Crippen LogP contribution in [0.5, 0.6) is 0 Å². The van der Waals surface area contributed by atoms with Crippen LogP contribution in [0, 0.1) is 0 Å². The second kappa shape index (κ2) is 16.7. The van der Waals surface area contributed by atoms with Gasteiger partial charge in [0.25, 0.3) is 0 Å². The molecule has 0 aliphatic rings. The van der Waals surface area contributed by atoms with Gasteiger partial charge in [-0.25, -0.2) is 0 Å². The van der Waals surface area contributed by atoms with Crippen molar-refractivity contribution >= 4 is 43.7 Å². The fraction of sp³-hybridized carbons (Fsp3) is 0.0625. The molecule has 0 saturated heterocycles. The quantitative estimate of drug-likeness (QED) is 0.134. The molecule has 314 valence electrons. The van der Waals surface area contributed by atoms with E-state index in [0.29, 0.717) is 0 Å². The molecule has 12 rings (SSSR count). The number of benzene rings is 10. The van der Waals surface area contributed by atoms with Gasteiger partial charge in [-0.15, -0.1) is 0 Å². The topological polar surface area (TPSA) is 18.1 Å². The zero-order valence-corrected chi connectivity index (χ0v) is 36.9. The van der Waals surface area contributed by atoms with Gasteiger partial charge in [0, 0.05) is 32.8 Å². The zero-order valence-electron chi connectivity index (χ0n) is 36.9. The number of furan rings is 1. The maximum absolute atomic E-state index is 6.77. The summed E-state index contributed by atoms with van der Waals surface area (Å²) in [5.41, 5.74) is 21.0. The lowest BCUT2D eigenvalue weighted by molar-refractivity contribution is 0.670. The number of fused-ring (bicyclic) bond motifs is 6. The van der Waals surface area contributed by atoms with Crippen LogP contribution in [-0.2, 0) is 6.42 Å². The largest absolute Gasteiger partial charge is 0.455 e. The monoisotopic (exact) mass is 845 g/mol. The molecule has 2 heteroatoms. The molecule has 0 spiro atoms. The summed E-state index contributed by atoms with van der Waals surface area (Å²) >= 11 is 0. The smallest absolute Gasteiger partial charge is 0.143 e. The highest BCUT2D eigenvalue weighted by molar-refractivity contribution is 6.14. The summed E-state index contributed by atoms with van der Waals surface area (Å²) in [4.78, 5) is 0. The second-order valence-corrected chi connectivity index (χ2v) is 17.5. The van der Waals surface area contributed by atoms with Crippen LogP contribution >= 0.6 is 0 Å². The van der Waals surface area contributed by atoms with Crippen molar-refractivity contribution in [1.29, 1.82) is 0 Å². The van der Waals surface area contributed by atoms with Gasteiger partial charge in [-0.2, -0.15) is 0 Å². The molecule has 0 N–H and O–H groups in total. The van der Waals surface area contributed by atoms with Gasteiger partial charge >= 0.3 is 0 Å². The highest BCUT2D eigenvalue weighted by Gasteiger charge is 2.18. The minimum absolute atomic E-state index is 0.884. The van der Waals surface area contributed by atoms with Crippen molar-refractivity contribution in [2.45, 2.75) is 26.2 Å². The molecule has 0 fully saturated rings. The van der Waals surface area contributed by atoms with Crippen LogP contribution in [0.25, 0.3) is 116 Å². The first kappa shape index (κ1) is 39.4. The third-order valence-electron chi connectivity index (χ3n) is 13.4. The van der Waals surface area contributed by atoms with Crippen molar-refractivity contribution in [1.82, 2.24) is 4.57 Å². The first-order valence-corrected chi connectivity index (χ1v) is 23.2. The predicted molar refractivity (Wildman–Crippen MR) is 279 cm³/mol. The molecule has 0 aliphatic carbocycles. The SMILES string of the molecule is CCCCc1ccc(-c2cccc(-c3cccc(-c4cccc(-c5ccc6oc7c(-c8ccc9c(c8)c8ccc(-c%10ccccc%10)cc8n9-c8ccccc8)cccc7c6c5)c4)c3)c2)cc1. The van der Waals surface area contributed by atoms with Gasteiger partial charge < -0.3 is 8.98 Å². The molecule has 0 atom stereocenters. The normalized spacial score (nSPS) is 11.6. The minimum Gasteiger partial charge on any atom is -0.455 e. The maximum atomic E-state index is 6.77. The van der Waals surface area contributed by atoms with Gasteiger partial charge in [0.05, 0.1) is 11.0 Å². The summed E-state index contributed by atoms with van der Waals surface area (Å²) in [6.07, 6.45) is 3.58. The lowest BCUT2D eigenvalue weighted by Gasteiger charge is -2.10. The van der Waals surface area contributed by atoms with Crippen LogP contribution < -0.4 is 0 Å². The lowest BCUT2D eigenvalue weighted by atomic mass is 9.94. The zero-order chi connectivity index (χ0) is 44.0.